The third-order valence-corrected chi connectivity index (χ3v) is 2.66. The summed E-state index contributed by atoms with van der Waals surface area (Å²) in [5.41, 5.74) is 0. The standard InChI is InChI=1S/C10H19NO/c1-3-4-5-6-9-8(2)7-10(12)11-9/h8-9H,3-7H2,1-2H3,(H,11,12)/t8-,9-/m1/s1. The lowest BCUT2D eigenvalue weighted by atomic mass is 9.98. The van der Waals surface area contributed by atoms with Crippen molar-refractivity contribution in [2.24, 2.45) is 5.92 Å². The highest BCUT2D eigenvalue weighted by molar-refractivity contribution is 5.78. The Kier molecular flexibility index (Phi) is 3.57. The first-order chi connectivity index (χ1) is 5.74. The molecule has 0 bridgehead atoms. The Morgan fingerprint density at radius 2 is 2.25 bits per heavy atom. The van der Waals surface area contributed by atoms with E-state index in [1.165, 1.54) is 25.7 Å². The maximum Gasteiger partial charge on any atom is 0.220 e. The van der Waals surface area contributed by atoms with E-state index in [9.17, 15) is 4.79 Å². The van der Waals surface area contributed by atoms with Crippen LogP contribution < -0.4 is 5.32 Å². The van der Waals surface area contributed by atoms with Crippen molar-refractivity contribution in [2.75, 3.05) is 0 Å². The summed E-state index contributed by atoms with van der Waals surface area (Å²) in [4.78, 5) is 11.0. The smallest absolute Gasteiger partial charge is 0.220 e. The first kappa shape index (κ1) is 9.56. The van der Waals surface area contributed by atoms with Gasteiger partial charge in [0.15, 0.2) is 0 Å². The van der Waals surface area contributed by atoms with E-state index >= 15 is 0 Å². The lowest BCUT2D eigenvalue weighted by Gasteiger charge is -2.13. The summed E-state index contributed by atoms with van der Waals surface area (Å²) < 4.78 is 0. The maximum absolute atomic E-state index is 11.0. The van der Waals surface area contributed by atoms with E-state index in [4.69, 9.17) is 0 Å². The van der Waals surface area contributed by atoms with E-state index in [0.29, 0.717) is 12.0 Å². The molecule has 12 heavy (non-hydrogen) atoms. The summed E-state index contributed by atoms with van der Waals surface area (Å²) in [5.74, 6) is 0.790. The molecule has 0 aromatic rings. The summed E-state index contributed by atoms with van der Waals surface area (Å²) in [6.07, 6.45) is 5.71. The van der Waals surface area contributed by atoms with Gasteiger partial charge < -0.3 is 5.32 Å². The Morgan fingerprint density at radius 1 is 1.50 bits per heavy atom. The zero-order valence-electron chi connectivity index (χ0n) is 8.10. The molecule has 0 aliphatic carbocycles. The van der Waals surface area contributed by atoms with Crippen LogP contribution in [0.15, 0.2) is 0 Å². The van der Waals surface area contributed by atoms with Crippen LogP contribution in [0.25, 0.3) is 0 Å². The molecule has 2 nitrogen and oxygen atoms in total. The van der Waals surface area contributed by atoms with Gasteiger partial charge in [-0.05, 0) is 12.3 Å². The van der Waals surface area contributed by atoms with E-state index in [-0.39, 0.29) is 5.91 Å². The van der Waals surface area contributed by atoms with Gasteiger partial charge in [-0.3, -0.25) is 4.79 Å². The lowest BCUT2D eigenvalue weighted by molar-refractivity contribution is -0.119. The van der Waals surface area contributed by atoms with Gasteiger partial charge in [0.2, 0.25) is 5.91 Å². The maximum atomic E-state index is 11.0. The first-order valence-electron chi connectivity index (χ1n) is 5.03. The molecule has 0 radical (unpaired) electrons. The Morgan fingerprint density at radius 3 is 2.75 bits per heavy atom. The number of unbranched alkanes of at least 4 members (excludes halogenated alkanes) is 2. The van der Waals surface area contributed by atoms with Gasteiger partial charge in [-0.25, -0.2) is 0 Å². The zero-order chi connectivity index (χ0) is 8.97. The number of carbonyl (C=O) groups excluding carboxylic acids is 1. The molecule has 1 N–H and O–H groups in total. The first-order valence-corrected chi connectivity index (χ1v) is 5.03. The quantitative estimate of drug-likeness (QED) is 0.641. The van der Waals surface area contributed by atoms with Gasteiger partial charge in [-0.15, -0.1) is 0 Å². The fourth-order valence-electron chi connectivity index (χ4n) is 1.81. The molecule has 2 heteroatoms. The SMILES string of the molecule is CCCCC[C@H]1NC(=O)C[C@H]1C. The van der Waals surface area contributed by atoms with Crippen molar-refractivity contribution in [2.45, 2.75) is 52.0 Å². The van der Waals surface area contributed by atoms with Crippen LogP contribution in [0.3, 0.4) is 0 Å². The van der Waals surface area contributed by atoms with Crippen molar-refractivity contribution in [1.82, 2.24) is 5.32 Å². The molecule has 1 rings (SSSR count). The minimum atomic E-state index is 0.240. The van der Waals surface area contributed by atoms with E-state index in [1.807, 2.05) is 0 Å². The fourth-order valence-corrected chi connectivity index (χ4v) is 1.81. The molecule has 0 unspecified atom stereocenters. The number of nitrogens with one attached hydrogen (secondary N) is 1. The van der Waals surface area contributed by atoms with Crippen molar-refractivity contribution in [3.05, 3.63) is 0 Å². The fraction of sp³-hybridized carbons (Fsp3) is 0.900. The molecule has 70 valence electrons. The molecule has 1 aliphatic heterocycles. The van der Waals surface area contributed by atoms with Gasteiger partial charge in [-0.1, -0.05) is 33.1 Å². The van der Waals surface area contributed by atoms with Crippen molar-refractivity contribution in [1.29, 1.82) is 0 Å². The summed E-state index contributed by atoms with van der Waals surface area (Å²) in [6, 6.07) is 0.462. The Balaban J connectivity index is 2.19. The number of hydrogen-bond acceptors (Lipinski definition) is 1. The third-order valence-electron chi connectivity index (χ3n) is 2.66. The van der Waals surface area contributed by atoms with Crippen molar-refractivity contribution < 1.29 is 4.79 Å². The van der Waals surface area contributed by atoms with Gasteiger partial charge in [0.25, 0.3) is 0 Å². The monoisotopic (exact) mass is 169 g/mol. The molecule has 2 atom stereocenters. The average Bonchev–Trinajstić information content (AvgIpc) is 2.31. The van der Waals surface area contributed by atoms with Crippen molar-refractivity contribution in [3.63, 3.8) is 0 Å². The minimum absolute atomic E-state index is 0.240. The Labute approximate surface area is 74.7 Å². The normalized spacial score (nSPS) is 29.0. The van der Waals surface area contributed by atoms with E-state index in [0.717, 1.165) is 6.42 Å². The highest BCUT2D eigenvalue weighted by Gasteiger charge is 2.27. The van der Waals surface area contributed by atoms with Gasteiger partial charge in [0.1, 0.15) is 0 Å². The predicted octanol–water partition coefficient (Wildman–Crippen LogP) is 2.09. The van der Waals surface area contributed by atoms with Crippen LogP contribution >= 0.6 is 0 Å². The second-order valence-electron chi connectivity index (χ2n) is 3.85. The molecule has 0 aromatic heterocycles. The summed E-state index contributed by atoms with van der Waals surface area (Å²) in [6.45, 7) is 4.37. The highest BCUT2D eigenvalue weighted by atomic mass is 16.1. The number of amides is 1. The zero-order valence-corrected chi connectivity index (χ0v) is 8.10. The molecule has 1 aliphatic rings. The van der Waals surface area contributed by atoms with Crippen molar-refractivity contribution in [3.8, 4) is 0 Å². The molecule has 1 saturated heterocycles. The average molecular weight is 169 g/mol. The van der Waals surface area contributed by atoms with Crippen LogP contribution in [0.2, 0.25) is 0 Å². The molecule has 0 aromatic carbocycles. The van der Waals surface area contributed by atoms with Gasteiger partial charge >= 0.3 is 0 Å². The van der Waals surface area contributed by atoms with Crippen LogP contribution in [0, 0.1) is 5.92 Å². The van der Waals surface area contributed by atoms with Crippen LogP contribution in [0.4, 0.5) is 0 Å². The molecular formula is C10H19NO. The molecular weight excluding hydrogens is 150 g/mol. The summed E-state index contributed by atoms with van der Waals surface area (Å²) >= 11 is 0. The summed E-state index contributed by atoms with van der Waals surface area (Å²) in [7, 11) is 0. The number of rotatable bonds is 4. The third kappa shape index (κ3) is 2.50. The van der Waals surface area contributed by atoms with Gasteiger partial charge in [0, 0.05) is 12.5 Å². The number of carbonyl (C=O) groups is 1. The topological polar surface area (TPSA) is 29.1 Å². The van der Waals surface area contributed by atoms with Gasteiger partial charge in [-0.2, -0.15) is 0 Å². The van der Waals surface area contributed by atoms with E-state index in [2.05, 4.69) is 19.2 Å². The van der Waals surface area contributed by atoms with Crippen LogP contribution in [-0.4, -0.2) is 11.9 Å². The second-order valence-corrected chi connectivity index (χ2v) is 3.85. The van der Waals surface area contributed by atoms with Crippen LogP contribution in [-0.2, 0) is 4.79 Å². The second kappa shape index (κ2) is 4.48. The molecule has 0 saturated carbocycles. The minimum Gasteiger partial charge on any atom is -0.353 e. The molecule has 1 fully saturated rings. The van der Waals surface area contributed by atoms with Crippen molar-refractivity contribution >= 4 is 5.91 Å². The molecule has 1 heterocycles. The Bertz CT molecular complexity index is 156. The highest BCUT2D eigenvalue weighted by Crippen LogP contribution is 2.20. The largest absolute Gasteiger partial charge is 0.353 e. The molecule has 0 spiro atoms. The van der Waals surface area contributed by atoms with E-state index < -0.39 is 0 Å². The Hall–Kier alpha value is -0.530. The van der Waals surface area contributed by atoms with E-state index in [1.54, 1.807) is 0 Å². The van der Waals surface area contributed by atoms with Crippen LogP contribution in [0.1, 0.15) is 46.0 Å². The molecule has 1 amide bonds. The lowest BCUT2D eigenvalue weighted by Crippen LogP contribution is -2.27. The number of hydrogen-bond donors (Lipinski definition) is 1. The van der Waals surface area contributed by atoms with Crippen LogP contribution in [0.5, 0.6) is 0 Å². The predicted molar refractivity (Wildman–Crippen MR) is 49.9 cm³/mol. The van der Waals surface area contributed by atoms with Gasteiger partial charge in [0.05, 0.1) is 0 Å². The summed E-state index contributed by atoms with van der Waals surface area (Å²) in [5, 5.41) is 3.02.